The van der Waals surface area contributed by atoms with Gasteiger partial charge in [0.15, 0.2) is 0 Å². The smallest absolute Gasteiger partial charge is 0.0639 e. The number of nitrogens with zero attached hydrogens (tertiary/aromatic N) is 1. The first-order valence-corrected chi connectivity index (χ1v) is 7.12. The molecule has 19 heavy (non-hydrogen) atoms. The molecule has 0 aliphatic carbocycles. The van der Waals surface area contributed by atoms with E-state index in [4.69, 9.17) is 0 Å². The number of hydrogen-bond acceptors (Lipinski definition) is 3. The van der Waals surface area contributed by atoms with Crippen molar-refractivity contribution in [2.24, 2.45) is 0 Å². The second-order valence-electron chi connectivity index (χ2n) is 5.56. The van der Waals surface area contributed by atoms with Crippen molar-refractivity contribution in [2.75, 3.05) is 19.6 Å². The van der Waals surface area contributed by atoms with Crippen molar-refractivity contribution >= 4 is 0 Å². The fraction of sp³-hybridized carbons (Fsp3) is 0.625. The van der Waals surface area contributed by atoms with Crippen LogP contribution >= 0.6 is 0 Å². The zero-order valence-corrected chi connectivity index (χ0v) is 12.3. The van der Waals surface area contributed by atoms with Crippen molar-refractivity contribution in [3.8, 4) is 0 Å². The lowest BCUT2D eigenvalue weighted by Crippen LogP contribution is -2.37. The summed E-state index contributed by atoms with van der Waals surface area (Å²) < 4.78 is 0. The quantitative estimate of drug-likeness (QED) is 0.757. The minimum absolute atomic E-state index is 0.356. The van der Waals surface area contributed by atoms with E-state index in [-0.39, 0.29) is 12.2 Å². The van der Waals surface area contributed by atoms with Gasteiger partial charge in [0.05, 0.1) is 12.2 Å². The van der Waals surface area contributed by atoms with E-state index in [9.17, 15) is 10.2 Å². The van der Waals surface area contributed by atoms with Gasteiger partial charge in [-0.15, -0.1) is 0 Å². The molecule has 3 nitrogen and oxygen atoms in total. The van der Waals surface area contributed by atoms with Crippen LogP contribution in [-0.4, -0.2) is 47.0 Å². The molecule has 0 radical (unpaired) electrons. The Morgan fingerprint density at radius 2 is 1.47 bits per heavy atom. The fourth-order valence-corrected chi connectivity index (χ4v) is 2.33. The van der Waals surface area contributed by atoms with Crippen LogP contribution in [0, 0.1) is 0 Å². The second-order valence-corrected chi connectivity index (χ2v) is 5.56. The van der Waals surface area contributed by atoms with Crippen molar-refractivity contribution in [2.45, 2.75) is 45.3 Å². The van der Waals surface area contributed by atoms with Crippen LogP contribution < -0.4 is 0 Å². The van der Waals surface area contributed by atoms with Crippen LogP contribution in [0.2, 0.25) is 0 Å². The Morgan fingerprint density at radius 3 is 1.95 bits per heavy atom. The molecule has 3 heteroatoms. The molecule has 2 N–H and O–H groups in total. The number of aliphatic hydroxyl groups is 2. The molecule has 108 valence electrons. The third kappa shape index (κ3) is 6.71. The van der Waals surface area contributed by atoms with E-state index in [1.54, 1.807) is 13.8 Å². The summed E-state index contributed by atoms with van der Waals surface area (Å²) in [5.74, 6) is 0.492. The first kappa shape index (κ1) is 16.2. The molecule has 1 rings (SSSR count). The molecule has 0 aliphatic rings. The average Bonchev–Trinajstić information content (AvgIpc) is 2.35. The molecular weight excluding hydrogens is 238 g/mol. The van der Waals surface area contributed by atoms with Crippen molar-refractivity contribution in [3.05, 3.63) is 35.9 Å². The van der Waals surface area contributed by atoms with Crippen LogP contribution in [0.5, 0.6) is 0 Å². The van der Waals surface area contributed by atoms with E-state index in [0.29, 0.717) is 19.0 Å². The van der Waals surface area contributed by atoms with E-state index < -0.39 is 0 Å². The Labute approximate surface area is 116 Å². The summed E-state index contributed by atoms with van der Waals surface area (Å²) in [5.41, 5.74) is 1.34. The number of hydrogen-bond donors (Lipinski definition) is 2. The molecular formula is C16H27NO2. The number of rotatable bonds is 8. The topological polar surface area (TPSA) is 43.7 Å². The first-order valence-electron chi connectivity index (χ1n) is 7.12. The predicted molar refractivity (Wildman–Crippen MR) is 79.3 cm³/mol. The summed E-state index contributed by atoms with van der Waals surface area (Å²) in [4.78, 5) is 2.13. The van der Waals surface area contributed by atoms with Crippen LogP contribution in [0.4, 0.5) is 0 Å². The molecule has 0 aromatic heterocycles. The average molecular weight is 265 g/mol. The van der Waals surface area contributed by atoms with Gasteiger partial charge in [0.2, 0.25) is 0 Å². The standard InChI is InChI=1S/C16H27NO2/c1-13(16-7-5-4-6-8-16)9-10-17(11-14(2)18)12-15(3)19/h4-8,13-15,18-19H,9-12H2,1-3H3/t13-,14-,15+/m0/s1. The minimum atomic E-state index is -0.356. The van der Waals surface area contributed by atoms with E-state index >= 15 is 0 Å². The largest absolute Gasteiger partial charge is 0.392 e. The molecule has 1 aromatic rings. The van der Waals surface area contributed by atoms with Gasteiger partial charge in [0.25, 0.3) is 0 Å². The minimum Gasteiger partial charge on any atom is -0.392 e. The molecule has 0 spiro atoms. The van der Waals surface area contributed by atoms with Gasteiger partial charge in [-0.3, -0.25) is 4.90 Å². The predicted octanol–water partition coefficient (Wildman–Crippen LogP) is 2.24. The van der Waals surface area contributed by atoms with Gasteiger partial charge in [-0.1, -0.05) is 37.3 Å². The molecule has 0 heterocycles. The Kier molecular flexibility index (Phi) is 7.06. The van der Waals surface area contributed by atoms with Crippen LogP contribution in [-0.2, 0) is 0 Å². The maximum atomic E-state index is 9.49. The Bertz CT molecular complexity index is 328. The lowest BCUT2D eigenvalue weighted by Gasteiger charge is -2.26. The summed E-state index contributed by atoms with van der Waals surface area (Å²) in [7, 11) is 0. The monoisotopic (exact) mass is 265 g/mol. The van der Waals surface area contributed by atoms with Crippen molar-refractivity contribution < 1.29 is 10.2 Å². The van der Waals surface area contributed by atoms with Crippen LogP contribution in [0.3, 0.4) is 0 Å². The van der Waals surface area contributed by atoms with Gasteiger partial charge in [0, 0.05) is 13.1 Å². The highest BCUT2D eigenvalue weighted by atomic mass is 16.3. The third-order valence-corrected chi connectivity index (χ3v) is 3.29. The molecule has 1 aromatic carbocycles. The van der Waals surface area contributed by atoms with Gasteiger partial charge >= 0.3 is 0 Å². The Hall–Kier alpha value is -0.900. The fourth-order valence-electron chi connectivity index (χ4n) is 2.33. The molecule has 0 saturated carbocycles. The first-order chi connectivity index (χ1) is 8.99. The van der Waals surface area contributed by atoms with Gasteiger partial charge in [0.1, 0.15) is 0 Å². The molecule has 3 atom stereocenters. The van der Waals surface area contributed by atoms with E-state index in [2.05, 4.69) is 36.1 Å². The van der Waals surface area contributed by atoms with Crippen molar-refractivity contribution in [3.63, 3.8) is 0 Å². The summed E-state index contributed by atoms with van der Waals surface area (Å²) in [6, 6.07) is 10.5. The molecule has 0 fully saturated rings. The Balaban J connectivity index is 2.46. The molecule has 0 saturated heterocycles. The normalized spacial score (nSPS) is 16.3. The van der Waals surface area contributed by atoms with E-state index in [1.165, 1.54) is 5.56 Å². The van der Waals surface area contributed by atoms with Gasteiger partial charge in [-0.05, 0) is 38.3 Å². The highest BCUT2D eigenvalue weighted by molar-refractivity contribution is 5.18. The second kappa shape index (κ2) is 8.31. The van der Waals surface area contributed by atoms with Gasteiger partial charge in [-0.2, -0.15) is 0 Å². The summed E-state index contributed by atoms with van der Waals surface area (Å²) in [6.07, 6.45) is 0.320. The maximum absolute atomic E-state index is 9.49. The lowest BCUT2D eigenvalue weighted by atomic mass is 9.97. The molecule has 0 unspecified atom stereocenters. The summed E-state index contributed by atoms with van der Waals surface area (Å²) in [6.45, 7) is 7.92. The van der Waals surface area contributed by atoms with E-state index in [0.717, 1.165) is 13.0 Å². The van der Waals surface area contributed by atoms with Crippen LogP contribution in [0.25, 0.3) is 0 Å². The molecule has 0 bridgehead atoms. The van der Waals surface area contributed by atoms with Crippen molar-refractivity contribution in [1.82, 2.24) is 4.90 Å². The van der Waals surface area contributed by atoms with Crippen molar-refractivity contribution in [1.29, 1.82) is 0 Å². The highest BCUT2D eigenvalue weighted by Gasteiger charge is 2.13. The van der Waals surface area contributed by atoms with E-state index in [1.807, 2.05) is 6.07 Å². The SMILES string of the molecule is C[C@H](O)CN(CC[C@H](C)c1ccccc1)C[C@@H](C)O. The van der Waals surface area contributed by atoms with Gasteiger partial charge in [-0.25, -0.2) is 0 Å². The maximum Gasteiger partial charge on any atom is 0.0639 e. The highest BCUT2D eigenvalue weighted by Crippen LogP contribution is 2.18. The zero-order valence-electron chi connectivity index (χ0n) is 12.3. The number of aliphatic hydroxyl groups excluding tert-OH is 2. The number of benzene rings is 1. The third-order valence-electron chi connectivity index (χ3n) is 3.29. The Morgan fingerprint density at radius 1 is 0.947 bits per heavy atom. The molecule has 0 amide bonds. The lowest BCUT2D eigenvalue weighted by molar-refractivity contribution is 0.0820. The van der Waals surface area contributed by atoms with Gasteiger partial charge < -0.3 is 10.2 Å². The zero-order chi connectivity index (χ0) is 14.3. The van der Waals surface area contributed by atoms with Crippen LogP contribution in [0.15, 0.2) is 30.3 Å². The summed E-state index contributed by atoms with van der Waals surface area (Å²) in [5, 5.41) is 19.0. The summed E-state index contributed by atoms with van der Waals surface area (Å²) >= 11 is 0. The molecule has 0 aliphatic heterocycles. The van der Waals surface area contributed by atoms with Crippen LogP contribution in [0.1, 0.15) is 38.7 Å².